The highest BCUT2D eigenvalue weighted by Crippen LogP contribution is 2.41. The van der Waals surface area contributed by atoms with E-state index in [9.17, 15) is 0 Å². The van der Waals surface area contributed by atoms with Gasteiger partial charge in [0.25, 0.3) is 0 Å². The van der Waals surface area contributed by atoms with E-state index >= 15 is 0 Å². The summed E-state index contributed by atoms with van der Waals surface area (Å²) < 4.78 is 1.23. The second kappa shape index (κ2) is 6.03. The van der Waals surface area contributed by atoms with Gasteiger partial charge in [-0.3, -0.25) is 0 Å². The molecule has 132 valence electrons. The van der Waals surface area contributed by atoms with Gasteiger partial charge < -0.3 is 0 Å². The van der Waals surface area contributed by atoms with Gasteiger partial charge in [0, 0.05) is 21.4 Å². The van der Waals surface area contributed by atoms with E-state index in [0.717, 1.165) is 26.5 Å². The van der Waals surface area contributed by atoms with Crippen molar-refractivity contribution < 1.29 is 0 Å². The third-order valence-corrected chi connectivity index (χ3v) is 6.81. The minimum Gasteiger partial charge on any atom is -0.236 e. The first-order valence-electron chi connectivity index (χ1n) is 9.18. The molecular formula is C25H14ClNS. The highest BCUT2D eigenvalue weighted by molar-refractivity contribution is 7.22. The standard InChI is InChI=1S/C25H14ClNS/c26-20-8-4-7-19-18(20)13-11-15-9-10-16-12-14-21-24(23(16)22(15)19)28-25(27-21)17-5-2-1-3-6-17/h1-14H. The molecule has 6 aromatic rings. The monoisotopic (exact) mass is 395 g/mol. The molecule has 0 N–H and O–H groups in total. The van der Waals surface area contributed by atoms with Crippen LogP contribution in [-0.2, 0) is 0 Å². The Kier molecular flexibility index (Phi) is 3.46. The maximum Gasteiger partial charge on any atom is 0.124 e. The van der Waals surface area contributed by atoms with Crippen molar-refractivity contribution in [2.45, 2.75) is 0 Å². The van der Waals surface area contributed by atoms with Crippen molar-refractivity contribution in [3.05, 3.63) is 90.0 Å². The van der Waals surface area contributed by atoms with Crippen LogP contribution in [0.1, 0.15) is 0 Å². The average molecular weight is 396 g/mol. The lowest BCUT2D eigenvalue weighted by Gasteiger charge is -2.09. The smallest absolute Gasteiger partial charge is 0.124 e. The van der Waals surface area contributed by atoms with Gasteiger partial charge in [0.15, 0.2) is 0 Å². The Morgan fingerprint density at radius 1 is 0.643 bits per heavy atom. The molecule has 6 rings (SSSR count). The van der Waals surface area contributed by atoms with Crippen molar-refractivity contribution >= 4 is 65.5 Å². The lowest BCUT2D eigenvalue weighted by Crippen LogP contribution is -1.82. The van der Waals surface area contributed by atoms with E-state index < -0.39 is 0 Å². The van der Waals surface area contributed by atoms with Crippen molar-refractivity contribution in [1.82, 2.24) is 4.98 Å². The molecule has 0 aliphatic heterocycles. The van der Waals surface area contributed by atoms with E-state index in [2.05, 4.69) is 66.7 Å². The Morgan fingerprint density at radius 2 is 1.39 bits per heavy atom. The van der Waals surface area contributed by atoms with Crippen molar-refractivity contribution in [2.75, 3.05) is 0 Å². The fraction of sp³-hybridized carbons (Fsp3) is 0. The highest BCUT2D eigenvalue weighted by atomic mass is 35.5. The number of fused-ring (bicyclic) bond motifs is 7. The predicted molar refractivity (Wildman–Crippen MR) is 123 cm³/mol. The molecule has 3 heteroatoms. The third-order valence-electron chi connectivity index (χ3n) is 5.34. The molecule has 0 spiro atoms. The Labute approximate surface area is 170 Å². The zero-order valence-corrected chi connectivity index (χ0v) is 16.4. The van der Waals surface area contributed by atoms with Gasteiger partial charge in [-0.25, -0.2) is 4.98 Å². The SMILES string of the molecule is Clc1cccc2c1ccc1ccc3ccc4nc(-c5ccccc5)sc4c3c12. The predicted octanol–water partition coefficient (Wildman–Crippen LogP) is 8.08. The van der Waals surface area contributed by atoms with E-state index in [1.807, 2.05) is 18.2 Å². The number of benzene rings is 5. The molecule has 0 atom stereocenters. The number of aromatic nitrogens is 1. The summed E-state index contributed by atoms with van der Waals surface area (Å²) in [4.78, 5) is 4.93. The summed E-state index contributed by atoms with van der Waals surface area (Å²) in [5, 5.41) is 9.11. The summed E-state index contributed by atoms with van der Waals surface area (Å²) in [6.07, 6.45) is 0. The van der Waals surface area contributed by atoms with Crippen molar-refractivity contribution in [3.8, 4) is 10.6 Å². The van der Waals surface area contributed by atoms with E-state index in [4.69, 9.17) is 16.6 Å². The van der Waals surface area contributed by atoms with Gasteiger partial charge in [-0.05, 0) is 33.7 Å². The summed E-state index contributed by atoms with van der Waals surface area (Å²) in [5.74, 6) is 0. The molecule has 5 aromatic carbocycles. The number of hydrogen-bond acceptors (Lipinski definition) is 2. The van der Waals surface area contributed by atoms with Crippen LogP contribution >= 0.6 is 22.9 Å². The average Bonchev–Trinajstić information content (AvgIpc) is 3.18. The fourth-order valence-electron chi connectivity index (χ4n) is 4.04. The van der Waals surface area contributed by atoms with Crippen LogP contribution in [0.15, 0.2) is 84.9 Å². The molecular weight excluding hydrogens is 382 g/mol. The van der Waals surface area contributed by atoms with Gasteiger partial charge in [0.1, 0.15) is 5.01 Å². The topological polar surface area (TPSA) is 12.9 Å². The van der Waals surface area contributed by atoms with Crippen LogP contribution in [0.2, 0.25) is 5.02 Å². The Balaban J connectivity index is 1.82. The van der Waals surface area contributed by atoms with Crippen molar-refractivity contribution in [2.24, 2.45) is 0 Å². The van der Waals surface area contributed by atoms with Gasteiger partial charge >= 0.3 is 0 Å². The number of rotatable bonds is 1. The minimum absolute atomic E-state index is 0.790. The molecule has 0 amide bonds. The summed E-state index contributed by atoms with van der Waals surface area (Å²) in [6.45, 7) is 0. The molecule has 0 unspecified atom stereocenters. The molecule has 0 fully saturated rings. The molecule has 0 aliphatic rings. The van der Waals surface area contributed by atoms with E-state index in [0.29, 0.717) is 0 Å². The van der Waals surface area contributed by atoms with E-state index in [1.54, 1.807) is 11.3 Å². The number of thiazole rings is 1. The Morgan fingerprint density at radius 3 is 2.25 bits per heavy atom. The summed E-state index contributed by atoms with van der Waals surface area (Å²) >= 11 is 8.26. The lowest BCUT2D eigenvalue weighted by atomic mass is 9.96. The number of hydrogen-bond donors (Lipinski definition) is 0. The molecule has 1 heterocycles. The molecule has 28 heavy (non-hydrogen) atoms. The normalized spacial score (nSPS) is 11.8. The van der Waals surface area contributed by atoms with Crippen LogP contribution in [0.25, 0.3) is 53.1 Å². The van der Waals surface area contributed by atoms with Crippen molar-refractivity contribution in [1.29, 1.82) is 0 Å². The van der Waals surface area contributed by atoms with Gasteiger partial charge in [-0.1, -0.05) is 84.4 Å². The van der Waals surface area contributed by atoms with Crippen LogP contribution < -0.4 is 0 Å². The highest BCUT2D eigenvalue weighted by Gasteiger charge is 2.13. The lowest BCUT2D eigenvalue weighted by molar-refractivity contribution is 1.48. The van der Waals surface area contributed by atoms with Gasteiger partial charge in [-0.2, -0.15) is 0 Å². The number of halogens is 1. The fourth-order valence-corrected chi connectivity index (χ4v) is 5.41. The maximum absolute atomic E-state index is 6.50. The number of nitrogens with zero attached hydrogens (tertiary/aromatic N) is 1. The largest absolute Gasteiger partial charge is 0.236 e. The molecule has 0 radical (unpaired) electrons. The Bertz CT molecular complexity index is 1520. The minimum atomic E-state index is 0.790. The third kappa shape index (κ3) is 2.29. The van der Waals surface area contributed by atoms with Crippen molar-refractivity contribution in [3.63, 3.8) is 0 Å². The van der Waals surface area contributed by atoms with Crippen LogP contribution in [-0.4, -0.2) is 4.98 Å². The van der Waals surface area contributed by atoms with E-state index in [1.165, 1.54) is 31.6 Å². The molecule has 0 saturated heterocycles. The molecule has 1 aromatic heterocycles. The van der Waals surface area contributed by atoms with Crippen LogP contribution in [0.5, 0.6) is 0 Å². The first kappa shape index (κ1) is 16.1. The van der Waals surface area contributed by atoms with Crippen LogP contribution in [0, 0.1) is 0 Å². The molecule has 0 saturated carbocycles. The van der Waals surface area contributed by atoms with Crippen LogP contribution in [0.4, 0.5) is 0 Å². The van der Waals surface area contributed by atoms with Gasteiger partial charge in [0.2, 0.25) is 0 Å². The molecule has 0 aliphatic carbocycles. The quantitative estimate of drug-likeness (QED) is 0.256. The maximum atomic E-state index is 6.50. The first-order chi connectivity index (χ1) is 13.8. The molecule has 1 nitrogen and oxygen atoms in total. The van der Waals surface area contributed by atoms with E-state index in [-0.39, 0.29) is 0 Å². The second-order valence-electron chi connectivity index (χ2n) is 6.96. The zero-order valence-electron chi connectivity index (χ0n) is 14.8. The summed E-state index contributed by atoms with van der Waals surface area (Å²) in [5.41, 5.74) is 2.20. The van der Waals surface area contributed by atoms with Gasteiger partial charge in [0.05, 0.1) is 10.2 Å². The Hall–Kier alpha value is -2.94. The molecule has 0 bridgehead atoms. The zero-order chi connectivity index (χ0) is 18.7. The second-order valence-corrected chi connectivity index (χ2v) is 8.37. The summed E-state index contributed by atoms with van der Waals surface area (Å²) in [6, 6.07) is 29.5. The first-order valence-corrected chi connectivity index (χ1v) is 10.4. The van der Waals surface area contributed by atoms with Gasteiger partial charge in [-0.15, -0.1) is 11.3 Å². The van der Waals surface area contributed by atoms with Crippen LogP contribution in [0.3, 0.4) is 0 Å². The summed E-state index contributed by atoms with van der Waals surface area (Å²) in [7, 11) is 0.